The van der Waals surface area contributed by atoms with E-state index in [1.807, 2.05) is 37.3 Å². The van der Waals surface area contributed by atoms with Crippen LogP contribution >= 0.6 is 0 Å². The summed E-state index contributed by atoms with van der Waals surface area (Å²) in [5.74, 6) is 0.652. The van der Waals surface area contributed by atoms with Gasteiger partial charge in [-0.1, -0.05) is 43.3 Å². The van der Waals surface area contributed by atoms with Crippen LogP contribution in [0.5, 0.6) is 0 Å². The zero-order chi connectivity index (χ0) is 11.8. The molecule has 1 heterocycles. The van der Waals surface area contributed by atoms with Gasteiger partial charge < -0.3 is 9.52 Å². The standard InChI is InChI=1S/C15H14O2/c1-2-13(16)14-9-11-8-7-10-5-3-4-6-12(10)15(11)17-14/h3-9,13,16H,2H2,1H3. The lowest BCUT2D eigenvalue weighted by atomic mass is 10.1. The van der Waals surface area contributed by atoms with Gasteiger partial charge in [-0.3, -0.25) is 0 Å². The molecule has 86 valence electrons. The highest BCUT2D eigenvalue weighted by molar-refractivity contribution is 6.04. The maximum atomic E-state index is 9.81. The molecule has 0 aliphatic carbocycles. The first kappa shape index (κ1) is 10.4. The van der Waals surface area contributed by atoms with Crippen molar-refractivity contribution in [3.05, 3.63) is 48.2 Å². The summed E-state index contributed by atoms with van der Waals surface area (Å²) in [7, 11) is 0. The van der Waals surface area contributed by atoms with Crippen LogP contribution in [0.3, 0.4) is 0 Å². The van der Waals surface area contributed by atoms with Gasteiger partial charge in [0.05, 0.1) is 0 Å². The maximum Gasteiger partial charge on any atom is 0.142 e. The normalized spacial score (nSPS) is 13.3. The van der Waals surface area contributed by atoms with Gasteiger partial charge in [0.15, 0.2) is 0 Å². The largest absolute Gasteiger partial charge is 0.458 e. The second kappa shape index (κ2) is 3.90. The van der Waals surface area contributed by atoms with E-state index in [1.54, 1.807) is 0 Å². The van der Waals surface area contributed by atoms with E-state index in [0.29, 0.717) is 12.2 Å². The molecule has 0 aliphatic heterocycles. The van der Waals surface area contributed by atoms with Crippen molar-refractivity contribution in [1.29, 1.82) is 0 Å². The second-order valence-corrected chi connectivity index (χ2v) is 4.28. The average molecular weight is 226 g/mol. The molecule has 1 N–H and O–H groups in total. The number of benzene rings is 2. The Bertz CT molecular complexity index is 667. The Morgan fingerprint density at radius 2 is 1.88 bits per heavy atom. The summed E-state index contributed by atoms with van der Waals surface area (Å²) < 4.78 is 5.78. The molecule has 1 unspecified atom stereocenters. The van der Waals surface area contributed by atoms with Crippen LogP contribution < -0.4 is 0 Å². The number of rotatable bonds is 2. The van der Waals surface area contributed by atoms with Gasteiger partial charge in [-0.2, -0.15) is 0 Å². The molecule has 1 aromatic heterocycles. The molecule has 0 radical (unpaired) electrons. The number of fused-ring (bicyclic) bond motifs is 3. The van der Waals surface area contributed by atoms with Crippen LogP contribution in [-0.2, 0) is 0 Å². The summed E-state index contributed by atoms with van der Waals surface area (Å²) in [6.45, 7) is 1.94. The van der Waals surface area contributed by atoms with Crippen molar-refractivity contribution in [2.24, 2.45) is 0 Å². The van der Waals surface area contributed by atoms with E-state index in [-0.39, 0.29) is 0 Å². The zero-order valence-corrected chi connectivity index (χ0v) is 9.68. The van der Waals surface area contributed by atoms with E-state index in [2.05, 4.69) is 12.1 Å². The lowest BCUT2D eigenvalue weighted by molar-refractivity contribution is 0.148. The second-order valence-electron chi connectivity index (χ2n) is 4.28. The van der Waals surface area contributed by atoms with Crippen molar-refractivity contribution >= 4 is 21.7 Å². The van der Waals surface area contributed by atoms with E-state index in [0.717, 1.165) is 21.7 Å². The van der Waals surface area contributed by atoms with E-state index in [4.69, 9.17) is 4.42 Å². The maximum absolute atomic E-state index is 9.81. The fraction of sp³-hybridized carbons (Fsp3) is 0.200. The van der Waals surface area contributed by atoms with Crippen LogP contribution in [-0.4, -0.2) is 5.11 Å². The van der Waals surface area contributed by atoms with Crippen molar-refractivity contribution in [2.45, 2.75) is 19.4 Å². The molecule has 0 fully saturated rings. The third kappa shape index (κ3) is 1.61. The van der Waals surface area contributed by atoms with Crippen LogP contribution in [0.1, 0.15) is 25.2 Å². The van der Waals surface area contributed by atoms with Crippen LogP contribution in [0.4, 0.5) is 0 Å². The molecular weight excluding hydrogens is 212 g/mol. The summed E-state index contributed by atoms with van der Waals surface area (Å²) >= 11 is 0. The zero-order valence-electron chi connectivity index (χ0n) is 9.68. The van der Waals surface area contributed by atoms with Crippen LogP contribution in [0.2, 0.25) is 0 Å². The Morgan fingerprint density at radius 3 is 2.71 bits per heavy atom. The first-order valence-corrected chi connectivity index (χ1v) is 5.89. The molecule has 0 saturated carbocycles. The third-order valence-corrected chi connectivity index (χ3v) is 3.14. The molecule has 2 nitrogen and oxygen atoms in total. The summed E-state index contributed by atoms with van der Waals surface area (Å²) in [5.41, 5.74) is 0.866. The molecule has 3 rings (SSSR count). The highest BCUT2D eigenvalue weighted by Gasteiger charge is 2.12. The molecule has 1 atom stereocenters. The van der Waals surface area contributed by atoms with E-state index < -0.39 is 6.10 Å². The average Bonchev–Trinajstić information content (AvgIpc) is 2.82. The number of aliphatic hydroxyl groups is 1. The highest BCUT2D eigenvalue weighted by atomic mass is 16.4. The topological polar surface area (TPSA) is 33.4 Å². The van der Waals surface area contributed by atoms with E-state index in [9.17, 15) is 5.11 Å². The molecule has 0 saturated heterocycles. The van der Waals surface area contributed by atoms with Gasteiger partial charge in [0, 0.05) is 10.8 Å². The van der Waals surface area contributed by atoms with Crippen LogP contribution in [0, 0.1) is 0 Å². The van der Waals surface area contributed by atoms with Gasteiger partial charge in [0.25, 0.3) is 0 Å². The number of hydrogen-bond donors (Lipinski definition) is 1. The molecule has 2 aromatic carbocycles. The van der Waals surface area contributed by atoms with Crippen molar-refractivity contribution < 1.29 is 9.52 Å². The van der Waals surface area contributed by atoms with Gasteiger partial charge in [0.1, 0.15) is 17.4 Å². The first-order valence-electron chi connectivity index (χ1n) is 5.89. The SMILES string of the molecule is CCC(O)c1cc2ccc3ccccc3c2o1. The Morgan fingerprint density at radius 1 is 1.12 bits per heavy atom. The number of furan rings is 1. The van der Waals surface area contributed by atoms with E-state index in [1.165, 1.54) is 0 Å². The first-order chi connectivity index (χ1) is 8.29. The smallest absolute Gasteiger partial charge is 0.142 e. The molecule has 3 aromatic rings. The fourth-order valence-electron chi connectivity index (χ4n) is 2.15. The Balaban J connectivity index is 2.31. The van der Waals surface area contributed by atoms with Crippen molar-refractivity contribution in [3.63, 3.8) is 0 Å². The summed E-state index contributed by atoms with van der Waals surface area (Å²) in [6, 6.07) is 14.2. The summed E-state index contributed by atoms with van der Waals surface area (Å²) in [5, 5.41) is 13.1. The van der Waals surface area contributed by atoms with Crippen molar-refractivity contribution in [3.8, 4) is 0 Å². The predicted octanol–water partition coefficient (Wildman–Crippen LogP) is 4.03. The van der Waals surface area contributed by atoms with Gasteiger partial charge in [0.2, 0.25) is 0 Å². The molecule has 0 amide bonds. The van der Waals surface area contributed by atoms with Gasteiger partial charge >= 0.3 is 0 Å². The third-order valence-electron chi connectivity index (χ3n) is 3.14. The van der Waals surface area contributed by atoms with Crippen molar-refractivity contribution in [2.75, 3.05) is 0 Å². The molecule has 0 aliphatic rings. The molecule has 0 bridgehead atoms. The lowest BCUT2D eigenvalue weighted by Gasteiger charge is -2.01. The van der Waals surface area contributed by atoms with Crippen LogP contribution in [0.15, 0.2) is 46.9 Å². The van der Waals surface area contributed by atoms with Gasteiger partial charge in [-0.15, -0.1) is 0 Å². The predicted molar refractivity (Wildman–Crippen MR) is 69.0 cm³/mol. The summed E-state index contributed by atoms with van der Waals surface area (Å²) in [4.78, 5) is 0. The molecule has 0 spiro atoms. The minimum Gasteiger partial charge on any atom is -0.458 e. The number of hydrogen-bond acceptors (Lipinski definition) is 2. The van der Waals surface area contributed by atoms with Crippen LogP contribution in [0.25, 0.3) is 21.7 Å². The molecule has 17 heavy (non-hydrogen) atoms. The van der Waals surface area contributed by atoms with Gasteiger partial charge in [-0.25, -0.2) is 0 Å². The molecule has 2 heteroatoms. The fourth-order valence-corrected chi connectivity index (χ4v) is 2.15. The Kier molecular flexibility index (Phi) is 2.37. The van der Waals surface area contributed by atoms with Gasteiger partial charge in [-0.05, 0) is 17.9 Å². The Hall–Kier alpha value is -1.80. The Labute approximate surface area is 99.5 Å². The lowest BCUT2D eigenvalue weighted by Crippen LogP contribution is -1.90. The number of aliphatic hydroxyl groups excluding tert-OH is 1. The van der Waals surface area contributed by atoms with Crippen molar-refractivity contribution in [1.82, 2.24) is 0 Å². The molecular formula is C15H14O2. The van der Waals surface area contributed by atoms with E-state index >= 15 is 0 Å². The highest BCUT2D eigenvalue weighted by Crippen LogP contribution is 2.31. The minimum atomic E-state index is -0.513. The monoisotopic (exact) mass is 226 g/mol. The summed E-state index contributed by atoms with van der Waals surface area (Å²) in [6.07, 6.45) is 0.152. The minimum absolute atomic E-state index is 0.513. The quantitative estimate of drug-likeness (QED) is 0.715.